The van der Waals surface area contributed by atoms with Crippen LogP contribution in [0.2, 0.25) is 0 Å². The number of hydrogen-bond acceptors (Lipinski definition) is 2. The van der Waals surface area contributed by atoms with Crippen molar-refractivity contribution in [2.45, 2.75) is 46.7 Å². The summed E-state index contributed by atoms with van der Waals surface area (Å²) >= 11 is 0. The first-order valence-corrected chi connectivity index (χ1v) is 7.13. The van der Waals surface area contributed by atoms with Crippen LogP contribution < -0.4 is 5.73 Å². The molecular weight excluding hydrogens is 236 g/mol. The fraction of sp³-hybridized carbons (Fsp3) is 0.562. The average Bonchev–Trinajstić information content (AvgIpc) is 2.42. The number of hydrogen-bond donors (Lipinski definition) is 1. The fourth-order valence-electron chi connectivity index (χ4n) is 2.06. The van der Waals surface area contributed by atoms with Crippen molar-refractivity contribution in [1.29, 1.82) is 0 Å². The SMILES string of the molecule is CCN(Cc1ccccc1CN)C(=O)CCC(C)C. The van der Waals surface area contributed by atoms with E-state index in [-0.39, 0.29) is 5.91 Å². The smallest absolute Gasteiger partial charge is 0.222 e. The van der Waals surface area contributed by atoms with Crippen LogP contribution >= 0.6 is 0 Å². The molecule has 3 nitrogen and oxygen atoms in total. The van der Waals surface area contributed by atoms with E-state index in [1.54, 1.807) is 0 Å². The second kappa shape index (κ2) is 7.95. The summed E-state index contributed by atoms with van der Waals surface area (Å²) in [6, 6.07) is 8.08. The lowest BCUT2D eigenvalue weighted by Crippen LogP contribution is -2.30. The molecule has 3 heteroatoms. The minimum absolute atomic E-state index is 0.239. The van der Waals surface area contributed by atoms with Gasteiger partial charge in [-0.1, -0.05) is 38.1 Å². The molecule has 0 aliphatic heterocycles. The second-order valence-electron chi connectivity index (χ2n) is 5.31. The summed E-state index contributed by atoms with van der Waals surface area (Å²) in [6.07, 6.45) is 1.59. The highest BCUT2D eigenvalue weighted by atomic mass is 16.2. The van der Waals surface area contributed by atoms with Gasteiger partial charge >= 0.3 is 0 Å². The molecule has 0 unspecified atom stereocenters. The molecule has 0 bridgehead atoms. The highest BCUT2D eigenvalue weighted by Gasteiger charge is 2.13. The van der Waals surface area contributed by atoms with Crippen LogP contribution in [-0.2, 0) is 17.9 Å². The van der Waals surface area contributed by atoms with Crippen molar-refractivity contribution in [1.82, 2.24) is 4.90 Å². The molecule has 0 aromatic heterocycles. The normalized spacial score (nSPS) is 10.8. The van der Waals surface area contributed by atoms with Crippen LogP contribution in [0.5, 0.6) is 0 Å². The van der Waals surface area contributed by atoms with Crippen LogP contribution in [0.1, 0.15) is 44.7 Å². The number of benzene rings is 1. The number of rotatable bonds is 7. The molecule has 0 atom stereocenters. The van der Waals surface area contributed by atoms with Crippen molar-refractivity contribution in [3.63, 3.8) is 0 Å². The standard InChI is InChI=1S/C16H26N2O/c1-4-18(16(19)10-9-13(2)3)12-15-8-6-5-7-14(15)11-17/h5-8,13H,4,9-12,17H2,1-3H3. The summed E-state index contributed by atoms with van der Waals surface area (Å²) in [5.74, 6) is 0.807. The quantitative estimate of drug-likeness (QED) is 0.821. The zero-order valence-electron chi connectivity index (χ0n) is 12.4. The maximum atomic E-state index is 12.2. The van der Waals surface area contributed by atoms with E-state index in [0.717, 1.165) is 24.1 Å². The summed E-state index contributed by atoms with van der Waals surface area (Å²) in [6.45, 7) is 8.25. The van der Waals surface area contributed by atoms with Gasteiger partial charge in [-0.05, 0) is 30.4 Å². The first-order valence-electron chi connectivity index (χ1n) is 7.13. The summed E-state index contributed by atoms with van der Waals surface area (Å²) in [7, 11) is 0. The number of carbonyl (C=O) groups is 1. The Morgan fingerprint density at radius 2 is 1.89 bits per heavy atom. The van der Waals surface area contributed by atoms with Crippen molar-refractivity contribution in [3.8, 4) is 0 Å². The molecule has 0 saturated heterocycles. The maximum absolute atomic E-state index is 12.2. The van der Waals surface area contributed by atoms with E-state index < -0.39 is 0 Å². The molecule has 106 valence electrons. The lowest BCUT2D eigenvalue weighted by molar-refractivity contribution is -0.131. The van der Waals surface area contributed by atoms with E-state index in [1.807, 2.05) is 30.0 Å². The van der Waals surface area contributed by atoms with Crippen LogP contribution in [0, 0.1) is 5.92 Å². The van der Waals surface area contributed by atoms with Crippen molar-refractivity contribution >= 4 is 5.91 Å². The maximum Gasteiger partial charge on any atom is 0.222 e. The molecular formula is C16H26N2O. The minimum Gasteiger partial charge on any atom is -0.339 e. The molecule has 1 aromatic rings. The van der Waals surface area contributed by atoms with Crippen molar-refractivity contribution in [3.05, 3.63) is 35.4 Å². The van der Waals surface area contributed by atoms with Gasteiger partial charge in [0.15, 0.2) is 0 Å². The van der Waals surface area contributed by atoms with Gasteiger partial charge in [-0.15, -0.1) is 0 Å². The molecule has 0 aliphatic rings. The minimum atomic E-state index is 0.239. The molecule has 19 heavy (non-hydrogen) atoms. The Labute approximate surface area is 116 Å². The lowest BCUT2D eigenvalue weighted by atomic mass is 10.1. The van der Waals surface area contributed by atoms with Crippen LogP contribution in [0.4, 0.5) is 0 Å². The van der Waals surface area contributed by atoms with Crippen molar-refractivity contribution in [2.75, 3.05) is 6.54 Å². The Kier molecular flexibility index (Phi) is 6.57. The van der Waals surface area contributed by atoms with Gasteiger partial charge in [-0.2, -0.15) is 0 Å². The van der Waals surface area contributed by atoms with Crippen LogP contribution in [0.3, 0.4) is 0 Å². The van der Waals surface area contributed by atoms with E-state index in [0.29, 0.717) is 25.4 Å². The van der Waals surface area contributed by atoms with E-state index in [9.17, 15) is 4.79 Å². The first kappa shape index (κ1) is 15.7. The Balaban J connectivity index is 2.68. The van der Waals surface area contributed by atoms with Gasteiger partial charge in [0.25, 0.3) is 0 Å². The molecule has 1 rings (SSSR count). The van der Waals surface area contributed by atoms with E-state index in [1.165, 1.54) is 0 Å². The number of nitrogens with zero attached hydrogens (tertiary/aromatic N) is 1. The lowest BCUT2D eigenvalue weighted by Gasteiger charge is -2.22. The van der Waals surface area contributed by atoms with Crippen molar-refractivity contribution < 1.29 is 4.79 Å². The molecule has 0 aliphatic carbocycles. The van der Waals surface area contributed by atoms with Gasteiger partial charge in [0.1, 0.15) is 0 Å². The molecule has 0 saturated carbocycles. The van der Waals surface area contributed by atoms with Gasteiger partial charge in [-0.3, -0.25) is 4.79 Å². The zero-order chi connectivity index (χ0) is 14.3. The van der Waals surface area contributed by atoms with Gasteiger partial charge in [0.05, 0.1) is 0 Å². The third-order valence-electron chi connectivity index (χ3n) is 3.37. The van der Waals surface area contributed by atoms with E-state index >= 15 is 0 Å². The predicted molar refractivity (Wildman–Crippen MR) is 79.5 cm³/mol. The largest absolute Gasteiger partial charge is 0.339 e. The molecule has 1 aromatic carbocycles. The molecule has 2 N–H and O–H groups in total. The van der Waals surface area contributed by atoms with Crippen LogP contribution in [0.15, 0.2) is 24.3 Å². The number of nitrogens with two attached hydrogens (primary N) is 1. The highest BCUT2D eigenvalue weighted by molar-refractivity contribution is 5.76. The average molecular weight is 262 g/mol. The van der Waals surface area contributed by atoms with Crippen molar-refractivity contribution in [2.24, 2.45) is 11.7 Å². The number of amides is 1. The van der Waals surface area contributed by atoms with E-state index in [4.69, 9.17) is 5.73 Å². The zero-order valence-corrected chi connectivity index (χ0v) is 12.4. The molecule has 0 spiro atoms. The molecule has 0 heterocycles. The Morgan fingerprint density at radius 3 is 2.42 bits per heavy atom. The summed E-state index contributed by atoms with van der Waals surface area (Å²) in [5, 5.41) is 0. The van der Waals surface area contributed by atoms with Crippen LogP contribution in [-0.4, -0.2) is 17.4 Å². The number of carbonyl (C=O) groups excluding carboxylic acids is 1. The van der Waals surface area contributed by atoms with Gasteiger partial charge < -0.3 is 10.6 Å². The topological polar surface area (TPSA) is 46.3 Å². The first-order chi connectivity index (χ1) is 9.08. The van der Waals surface area contributed by atoms with Gasteiger partial charge in [-0.25, -0.2) is 0 Å². The van der Waals surface area contributed by atoms with Gasteiger partial charge in [0, 0.05) is 26.1 Å². The molecule has 0 fully saturated rings. The second-order valence-corrected chi connectivity index (χ2v) is 5.31. The predicted octanol–water partition coefficient (Wildman–Crippen LogP) is 2.93. The molecule has 1 amide bonds. The van der Waals surface area contributed by atoms with E-state index in [2.05, 4.69) is 19.9 Å². The Hall–Kier alpha value is -1.35. The fourth-order valence-corrected chi connectivity index (χ4v) is 2.06. The summed E-state index contributed by atoms with van der Waals surface area (Å²) < 4.78 is 0. The van der Waals surface area contributed by atoms with Gasteiger partial charge in [0.2, 0.25) is 5.91 Å². The third-order valence-corrected chi connectivity index (χ3v) is 3.37. The highest BCUT2D eigenvalue weighted by Crippen LogP contribution is 2.13. The Bertz CT molecular complexity index is 401. The monoisotopic (exact) mass is 262 g/mol. The third kappa shape index (κ3) is 5.03. The summed E-state index contributed by atoms with van der Waals surface area (Å²) in [4.78, 5) is 14.1. The molecule has 0 radical (unpaired) electrons. The summed E-state index contributed by atoms with van der Waals surface area (Å²) in [5.41, 5.74) is 8.02. The van der Waals surface area contributed by atoms with Crippen LogP contribution in [0.25, 0.3) is 0 Å². The Morgan fingerprint density at radius 1 is 1.26 bits per heavy atom.